The molecule has 0 aliphatic rings. The van der Waals surface area contributed by atoms with Gasteiger partial charge in [-0.25, -0.2) is 9.97 Å². The van der Waals surface area contributed by atoms with Gasteiger partial charge in [-0.05, 0) is 19.1 Å². The molecule has 0 aliphatic carbocycles. The van der Waals surface area contributed by atoms with E-state index in [9.17, 15) is 0 Å². The molecule has 0 fully saturated rings. The number of nitrogens with one attached hydrogen (secondary N) is 1. The fourth-order valence-electron chi connectivity index (χ4n) is 1.59. The van der Waals surface area contributed by atoms with Gasteiger partial charge in [0.2, 0.25) is 5.88 Å². The number of aromatic nitrogens is 4. The summed E-state index contributed by atoms with van der Waals surface area (Å²) in [6.07, 6.45) is 3.26. The zero-order valence-electron chi connectivity index (χ0n) is 9.21. The molecular weight excluding hydrogens is 216 g/mol. The summed E-state index contributed by atoms with van der Waals surface area (Å²) in [7, 11) is 0. The number of benzene rings is 1. The maximum Gasteiger partial charge on any atom is 0.222 e. The van der Waals surface area contributed by atoms with Crippen LogP contribution in [0.15, 0.2) is 36.8 Å². The van der Waals surface area contributed by atoms with Crippen LogP contribution in [0.2, 0.25) is 0 Å². The number of H-pyrrole nitrogens is 1. The Morgan fingerprint density at radius 1 is 1.18 bits per heavy atom. The van der Waals surface area contributed by atoms with Crippen LogP contribution in [-0.4, -0.2) is 20.2 Å². The van der Waals surface area contributed by atoms with E-state index in [1.165, 1.54) is 6.33 Å². The van der Waals surface area contributed by atoms with Gasteiger partial charge < -0.3 is 4.74 Å². The molecule has 2 aromatic heterocycles. The number of nitrogens with zero attached hydrogens (tertiary/aromatic N) is 3. The highest BCUT2D eigenvalue weighted by molar-refractivity contribution is 5.79. The Hall–Kier alpha value is -2.43. The summed E-state index contributed by atoms with van der Waals surface area (Å²) in [6.45, 7) is 1.90. The molecular formula is C12H10N4O. The zero-order chi connectivity index (χ0) is 11.7. The van der Waals surface area contributed by atoms with Crippen LogP contribution >= 0.6 is 0 Å². The summed E-state index contributed by atoms with van der Waals surface area (Å²) < 4.78 is 5.64. The van der Waals surface area contributed by atoms with Gasteiger partial charge in [0, 0.05) is 23.2 Å². The lowest BCUT2D eigenvalue weighted by Gasteiger charge is -2.04. The first-order valence-corrected chi connectivity index (χ1v) is 5.21. The topological polar surface area (TPSA) is 63.7 Å². The monoisotopic (exact) mass is 226 g/mol. The predicted octanol–water partition coefficient (Wildman–Crippen LogP) is 2.45. The summed E-state index contributed by atoms with van der Waals surface area (Å²) in [5, 5.41) is 7.90. The smallest absolute Gasteiger partial charge is 0.222 e. The average molecular weight is 226 g/mol. The molecule has 5 heteroatoms. The first-order chi connectivity index (χ1) is 8.31. The largest absolute Gasteiger partial charge is 0.439 e. The lowest BCUT2D eigenvalue weighted by Crippen LogP contribution is -1.90. The minimum absolute atomic E-state index is 0.538. The van der Waals surface area contributed by atoms with E-state index in [4.69, 9.17) is 4.74 Å². The number of hydrogen-bond donors (Lipinski definition) is 1. The molecule has 0 saturated carbocycles. The van der Waals surface area contributed by atoms with Crippen LogP contribution in [0, 0.1) is 6.92 Å². The van der Waals surface area contributed by atoms with E-state index in [0.29, 0.717) is 5.88 Å². The lowest BCUT2D eigenvalue weighted by molar-refractivity contribution is 0.461. The van der Waals surface area contributed by atoms with E-state index in [1.807, 2.05) is 25.1 Å². The minimum atomic E-state index is 0.538. The van der Waals surface area contributed by atoms with Crippen molar-refractivity contribution in [3.63, 3.8) is 0 Å². The van der Waals surface area contributed by atoms with Crippen LogP contribution < -0.4 is 4.74 Å². The van der Waals surface area contributed by atoms with Crippen molar-refractivity contribution in [2.75, 3.05) is 0 Å². The third-order valence-electron chi connectivity index (χ3n) is 2.41. The van der Waals surface area contributed by atoms with Crippen LogP contribution in [0.1, 0.15) is 5.69 Å². The van der Waals surface area contributed by atoms with E-state index < -0.39 is 0 Å². The number of aryl methyl sites for hydroxylation is 1. The summed E-state index contributed by atoms with van der Waals surface area (Å²) in [5.41, 5.74) is 1.81. The van der Waals surface area contributed by atoms with Gasteiger partial charge in [0.1, 0.15) is 12.1 Å². The first-order valence-electron chi connectivity index (χ1n) is 5.21. The number of aromatic amines is 1. The molecule has 84 valence electrons. The molecule has 0 atom stereocenters. The molecule has 3 rings (SSSR count). The van der Waals surface area contributed by atoms with Gasteiger partial charge in [-0.3, -0.25) is 5.10 Å². The van der Waals surface area contributed by atoms with Crippen LogP contribution in [0.5, 0.6) is 11.6 Å². The summed E-state index contributed by atoms with van der Waals surface area (Å²) in [5.74, 6) is 1.26. The van der Waals surface area contributed by atoms with Crippen LogP contribution in [0.4, 0.5) is 0 Å². The first kappa shape index (κ1) is 9.77. The number of hydrogen-bond acceptors (Lipinski definition) is 4. The molecule has 2 heterocycles. The molecule has 0 spiro atoms. The summed E-state index contributed by atoms with van der Waals surface area (Å²) in [6, 6.07) is 7.51. The predicted molar refractivity (Wildman–Crippen MR) is 62.9 cm³/mol. The number of rotatable bonds is 2. The summed E-state index contributed by atoms with van der Waals surface area (Å²) in [4.78, 5) is 8.06. The fraction of sp³-hybridized carbons (Fsp3) is 0.0833. The fourth-order valence-corrected chi connectivity index (χ4v) is 1.59. The Labute approximate surface area is 97.5 Å². The second-order valence-corrected chi connectivity index (χ2v) is 3.72. The average Bonchev–Trinajstić information content (AvgIpc) is 2.76. The Morgan fingerprint density at radius 3 is 3.00 bits per heavy atom. The molecule has 0 radical (unpaired) electrons. The van der Waals surface area contributed by atoms with Crippen molar-refractivity contribution in [2.45, 2.75) is 6.92 Å². The van der Waals surface area contributed by atoms with Gasteiger partial charge in [-0.2, -0.15) is 5.10 Å². The molecule has 0 saturated heterocycles. The second-order valence-electron chi connectivity index (χ2n) is 3.72. The van der Waals surface area contributed by atoms with E-state index in [-0.39, 0.29) is 0 Å². The van der Waals surface area contributed by atoms with E-state index >= 15 is 0 Å². The van der Waals surface area contributed by atoms with E-state index in [1.54, 1.807) is 12.3 Å². The highest BCUT2D eigenvalue weighted by Gasteiger charge is 2.02. The van der Waals surface area contributed by atoms with Gasteiger partial charge in [-0.1, -0.05) is 0 Å². The quantitative estimate of drug-likeness (QED) is 0.729. The van der Waals surface area contributed by atoms with Crippen molar-refractivity contribution in [1.82, 2.24) is 20.2 Å². The number of ether oxygens (including phenoxy) is 1. The highest BCUT2D eigenvalue weighted by atomic mass is 16.5. The third kappa shape index (κ3) is 1.94. The van der Waals surface area contributed by atoms with E-state index in [0.717, 1.165) is 22.3 Å². The van der Waals surface area contributed by atoms with Crippen LogP contribution in [-0.2, 0) is 0 Å². The standard InChI is InChI=1S/C12H10N4O/c1-8-4-12(14-7-13-8)17-10-3-2-9-6-15-16-11(9)5-10/h2-7H,1H3,(H,15,16). The van der Waals surface area contributed by atoms with Crippen molar-refractivity contribution in [2.24, 2.45) is 0 Å². The Bertz CT molecular complexity index is 662. The lowest BCUT2D eigenvalue weighted by atomic mass is 10.2. The maximum absolute atomic E-state index is 5.64. The summed E-state index contributed by atoms with van der Waals surface area (Å²) >= 11 is 0. The third-order valence-corrected chi connectivity index (χ3v) is 2.41. The van der Waals surface area contributed by atoms with Crippen molar-refractivity contribution >= 4 is 10.9 Å². The zero-order valence-corrected chi connectivity index (χ0v) is 9.21. The van der Waals surface area contributed by atoms with E-state index in [2.05, 4.69) is 20.2 Å². The van der Waals surface area contributed by atoms with Crippen molar-refractivity contribution < 1.29 is 4.74 Å². The van der Waals surface area contributed by atoms with Crippen LogP contribution in [0.3, 0.4) is 0 Å². The Morgan fingerprint density at radius 2 is 2.12 bits per heavy atom. The molecule has 0 bridgehead atoms. The molecule has 5 nitrogen and oxygen atoms in total. The molecule has 0 unspecified atom stereocenters. The molecule has 17 heavy (non-hydrogen) atoms. The number of fused-ring (bicyclic) bond motifs is 1. The maximum atomic E-state index is 5.64. The highest BCUT2D eigenvalue weighted by Crippen LogP contribution is 2.23. The van der Waals surface area contributed by atoms with Crippen molar-refractivity contribution in [3.05, 3.63) is 42.5 Å². The second kappa shape index (κ2) is 3.86. The molecule has 1 aromatic carbocycles. The minimum Gasteiger partial charge on any atom is -0.439 e. The molecule has 1 N–H and O–H groups in total. The molecule has 0 aliphatic heterocycles. The van der Waals surface area contributed by atoms with Crippen molar-refractivity contribution in [1.29, 1.82) is 0 Å². The van der Waals surface area contributed by atoms with Gasteiger partial charge in [0.25, 0.3) is 0 Å². The van der Waals surface area contributed by atoms with Gasteiger partial charge in [-0.15, -0.1) is 0 Å². The molecule has 0 amide bonds. The normalized spacial score (nSPS) is 10.6. The Kier molecular flexibility index (Phi) is 2.22. The molecule has 3 aromatic rings. The van der Waals surface area contributed by atoms with Crippen molar-refractivity contribution in [3.8, 4) is 11.6 Å². The SMILES string of the molecule is Cc1cc(Oc2ccc3cn[nH]c3c2)ncn1. The van der Waals surface area contributed by atoms with Gasteiger partial charge in [0.05, 0.1) is 11.7 Å². The van der Waals surface area contributed by atoms with Gasteiger partial charge in [0.15, 0.2) is 0 Å². The van der Waals surface area contributed by atoms with Gasteiger partial charge >= 0.3 is 0 Å². The van der Waals surface area contributed by atoms with Crippen LogP contribution in [0.25, 0.3) is 10.9 Å². The Balaban J connectivity index is 1.94.